The topological polar surface area (TPSA) is 72.6 Å². The van der Waals surface area contributed by atoms with Crippen LogP contribution in [0.25, 0.3) is 10.9 Å². The molecule has 0 aliphatic carbocycles. The number of aromatic nitrogens is 1. The molecule has 3 rings (SSSR count). The fraction of sp³-hybridized carbons (Fsp3) is 0.286. The molecule has 2 aromatic heterocycles. The highest BCUT2D eigenvalue weighted by Crippen LogP contribution is 2.23. The second-order valence-corrected chi connectivity index (χ2v) is 6.55. The monoisotopic (exact) mass is 366 g/mol. The largest absolute Gasteiger partial charge is 0.464 e. The van der Waals surface area contributed by atoms with E-state index in [2.05, 4.69) is 4.98 Å². The number of carbonyl (C=O) groups excluding carboxylic acids is 2. The summed E-state index contributed by atoms with van der Waals surface area (Å²) < 4.78 is 10.7. The van der Waals surface area contributed by atoms with E-state index in [0.717, 1.165) is 22.2 Å². The number of likely N-dealkylation sites (N-methyl/N-ethyl adjacent to an activating group) is 1. The van der Waals surface area contributed by atoms with Crippen LogP contribution in [0, 0.1) is 20.8 Å². The summed E-state index contributed by atoms with van der Waals surface area (Å²) >= 11 is 0. The Labute approximate surface area is 157 Å². The van der Waals surface area contributed by atoms with Gasteiger partial charge in [0.05, 0.1) is 23.3 Å². The Kier molecular flexibility index (Phi) is 5.26. The maximum atomic E-state index is 12.6. The minimum Gasteiger partial charge on any atom is -0.464 e. The lowest BCUT2D eigenvalue weighted by Crippen LogP contribution is -2.31. The van der Waals surface area contributed by atoms with Crippen molar-refractivity contribution in [2.45, 2.75) is 27.3 Å². The zero-order valence-corrected chi connectivity index (χ0v) is 15.9. The van der Waals surface area contributed by atoms with Gasteiger partial charge in [0.1, 0.15) is 11.5 Å². The van der Waals surface area contributed by atoms with Crippen LogP contribution in [0.1, 0.15) is 33.1 Å². The molecule has 0 bridgehead atoms. The standard InChI is InChI=1S/C21H22N2O4/c1-13-9-10-16(27-13)11-23(4)19(24)12-26-21(25)20-14(2)17-7-5-6-8-18(17)22-15(20)3/h5-10H,11-12H2,1-4H3. The van der Waals surface area contributed by atoms with E-state index in [-0.39, 0.29) is 12.5 Å². The molecule has 6 nitrogen and oxygen atoms in total. The third-order valence-electron chi connectivity index (χ3n) is 4.48. The molecule has 0 fully saturated rings. The normalized spacial score (nSPS) is 10.8. The van der Waals surface area contributed by atoms with Crippen molar-refractivity contribution in [3.05, 3.63) is 64.7 Å². The molecule has 0 saturated heterocycles. The van der Waals surface area contributed by atoms with Crippen molar-refractivity contribution in [1.82, 2.24) is 9.88 Å². The summed E-state index contributed by atoms with van der Waals surface area (Å²) in [5.74, 6) is 0.618. The van der Waals surface area contributed by atoms with Crippen molar-refractivity contribution in [3.8, 4) is 0 Å². The molecule has 1 amide bonds. The Bertz CT molecular complexity index is 1010. The van der Waals surface area contributed by atoms with Gasteiger partial charge < -0.3 is 14.1 Å². The first kappa shape index (κ1) is 18.6. The van der Waals surface area contributed by atoms with Gasteiger partial charge in [-0.2, -0.15) is 0 Å². The van der Waals surface area contributed by atoms with Crippen LogP contribution < -0.4 is 0 Å². The van der Waals surface area contributed by atoms with Gasteiger partial charge in [-0.3, -0.25) is 9.78 Å². The minimum atomic E-state index is -0.543. The zero-order chi connectivity index (χ0) is 19.6. The molecule has 3 aromatic rings. The van der Waals surface area contributed by atoms with E-state index < -0.39 is 5.97 Å². The number of fused-ring (bicyclic) bond motifs is 1. The first-order chi connectivity index (χ1) is 12.9. The van der Waals surface area contributed by atoms with Crippen LogP contribution >= 0.6 is 0 Å². The number of ether oxygens (including phenoxy) is 1. The molecule has 6 heteroatoms. The lowest BCUT2D eigenvalue weighted by atomic mass is 10.0. The second kappa shape index (κ2) is 7.61. The minimum absolute atomic E-state index is 0.304. The summed E-state index contributed by atoms with van der Waals surface area (Å²) in [6, 6.07) is 11.3. The van der Waals surface area contributed by atoms with Crippen LogP contribution in [0.15, 0.2) is 40.8 Å². The first-order valence-electron chi connectivity index (χ1n) is 8.69. The summed E-state index contributed by atoms with van der Waals surface area (Å²) in [5.41, 5.74) is 2.62. The summed E-state index contributed by atoms with van der Waals surface area (Å²) in [6.45, 7) is 5.46. The molecule has 0 saturated carbocycles. The lowest BCUT2D eigenvalue weighted by molar-refractivity contribution is -0.134. The number of pyridine rings is 1. The SMILES string of the molecule is Cc1ccc(CN(C)C(=O)COC(=O)c2c(C)nc3ccccc3c2C)o1. The number of para-hydroxylation sites is 1. The second-order valence-electron chi connectivity index (χ2n) is 6.55. The van der Waals surface area contributed by atoms with Crippen molar-refractivity contribution in [3.63, 3.8) is 0 Å². The van der Waals surface area contributed by atoms with Gasteiger partial charge in [0.2, 0.25) is 0 Å². The highest BCUT2D eigenvalue weighted by atomic mass is 16.5. The number of amides is 1. The van der Waals surface area contributed by atoms with Crippen LogP contribution in [0.2, 0.25) is 0 Å². The number of aryl methyl sites for hydroxylation is 3. The third-order valence-corrected chi connectivity index (χ3v) is 4.48. The number of esters is 1. The number of carbonyl (C=O) groups is 2. The maximum Gasteiger partial charge on any atom is 0.340 e. The van der Waals surface area contributed by atoms with Crippen LogP contribution in [0.5, 0.6) is 0 Å². The lowest BCUT2D eigenvalue weighted by Gasteiger charge is -2.16. The van der Waals surface area contributed by atoms with E-state index in [1.54, 1.807) is 14.0 Å². The molecule has 0 radical (unpaired) electrons. The summed E-state index contributed by atoms with van der Waals surface area (Å²) in [7, 11) is 1.64. The molecule has 1 aromatic carbocycles. The van der Waals surface area contributed by atoms with Crippen molar-refractivity contribution in [2.24, 2.45) is 0 Å². The van der Waals surface area contributed by atoms with E-state index in [1.807, 2.05) is 50.2 Å². The van der Waals surface area contributed by atoms with Gasteiger partial charge in [-0.1, -0.05) is 18.2 Å². The van der Waals surface area contributed by atoms with Crippen molar-refractivity contribution in [1.29, 1.82) is 0 Å². The molecule has 2 heterocycles. The fourth-order valence-corrected chi connectivity index (χ4v) is 3.03. The number of hydrogen-bond donors (Lipinski definition) is 0. The number of nitrogens with zero attached hydrogens (tertiary/aromatic N) is 2. The zero-order valence-electron chi connectivity index (χ0n) is 15.9. The molecule has 0 spiro atoms. The molecule has 0 N–H and O–H groups in total. The van der Waals surface area contributed by atoms with Crippen LogP contribution in [-0.2, 0) is 16.1 Å². The number of hydrogen-bond acceptors (Lipinski definition) is 5. The summed E-state index contributed by atoms with van der Waals surface area (Å²) in [4.78, 5) is 30.8. The van der Waals surface area contributed by atoms with Crippen LogP contribution in [0.4, 0.5) is 0 Å². The smallest absolute Gasteiger partial charge is 0.340 e. The Balaban J connectivity index is 1.68. The Morgan fingerprint density at radius 1 is 1.11 bits per heavy atom. The van der Waals surface area contributed by atoms with Gasteiger partial charge in [0.15, 0.2) is 6.61 Å². The predicted octanol–water partition coefficient (Wildman–Crippen LogP) is 3.57. The third kappa shape index (κ3) is 4.00. The number of benzene rings is 1. The van der Waals surface area contributed by atoms with Gasteiger partial charge in [-0.25, -0.2) is 4.79 Å². The van der Waals surface area contributed by atoms with E-state index in [0.29, 0.717) is 23.6 Å². The van der Waals surface area contributed by atoms with Crippen LogP contribution in [0.3, 0.4) is 0 Å². The van der Waals surface area contributed by atoms with Gasteiger partial charge in [-0.15, -0.1) is 0 Å². The molecular formula is C21H22N2O4. The Morgan fingerprint density at radius 3 is 2.56 bits per heavy atom. The van der Waals surface area contributed by atoms with Gasteiger partial charge in [-0.05, 0) is 44.5 Å². The maximum absolute atomic E-state index is 12.6. The fourth-order valence-electron chi connectivity index (χ4n) is 3.03. The van der Waals surface area contributed by atoms with E-state index in [9.17, 15) is 9.59 Å². The average Bonchev–Trinajstić information content (AvgIpc) is 3.04. The average molecular weight is 366 g/mol. The molecule has 140 valence electrons. The van der Waals surface area contributed by atoms with Gasteiger partial charge >= 0.3 is 5.97 Å². The molecule has 27 heavy (non-hydrogen) atoms. The van der Waals surface area contributed by atoms with E-state index in [4.69, 9.17) is 9.15 Å². The summed E-state index contributed by atoms with van der Waals surface area (Å²) in [5, 5.41) is 0.895. The van der Waals surface area contributed by atoms with Crippen molar-refractivity contribution >= 4 is 22.8 Å². The van der Waals surface area contributed by atoms with Gasteiger partial charge in [0.25, 0.3) is 5.91 Å². The molecule has 0 aliphatic rings. The predicted molar refractivity (Wildman–Crippen MR) is 101 cm³/mol. The highest BCUT2D eigenvalue weighted by Gasteiger charge is 2.20. The highest BCUT2D eigenvalue weighted by molar-refractivity contribution is 5.99. The molecule has 0 atom stereocenters. The van der Waals surface area contributed by atoms with Crippen molar-refractivity contribution in [2.75, 3.05) is 13.7 Å². The Morgan fingerprint density at radius 2 is 1.85 bits per heavy atom. The van der Waals surface area contributed by atoms with E-state index >= 15 is 0 Å². The molecular weight excluding hydrogens is 344 g/mol. The number of rotatable bonds is 5. The van der Waals surface area contributed by atoms with Gasteiger partial charge in [0, 0.05) is 12.4 Å². The number of furan rings is 1. The van der Waals surface area contributed by atoms with Crippen molar-refractivity contribution < 1.29 is 18.7 Å². The van der Waals surface area contributed by atoms with E-state index in [1.165, 1.54) is 4.90 Å². The molecule has 0 unspecified atom stereocenters. The van der Waals surface area contributed by atoms with Crippen LogP contribution in [-0.4, -0.2) is 35.4 Å². The molecule has 0 aliphatic heterocycles. The summed E-state index contributed by atoms with van der Waals surface area (Å²) in [6.07, 6.45) is 0. The Hall–Kier alpha value is -3.15. The first-order valence-corrected chi connectivity index (χ1v) is 8.69. The quantitative estimate of drug-likeness (QED) is 0.646.